The third-order valence-electron chi connectivity index (χ3n) is 3.12. The summed E-state index contributed by atoms with van der Waals surface area (Å²) >= 11 is 0. The number of hydrogen-bond acceptors (Lipinski definition) is 5. The number of nitrogens with zero attached hydrogens (tertiary/aromatic N) is 1. The van der Waals surface area contributed by atoms with Crippen LogP contribution < -0.4 is 10.6 Å². The molecule has 106 valence electrons. The summed E-state index contributed by atoms with van der Waals surface area (Å²) in [5.74, 6) is -0.857. The highest BCUT2D eigenvalue weighted by molar-refractivity contribution is 5.92. The van der Waals surface area contributed by atoms with Crippen LogP contribution in [0.15, 0.2) is 16.5 Å². The third-order valence-corrected chi connectivity index (χ3v) is 3.12. The molecule has 2 N–H and O–H groups in total. The van der Waals surface area contributed by atoms with Crippen molar-refractivity contribution in [2.75, 3.05) is 13.1 Å². The molecule has 1 fully saturated rings. The van der Waals surface area contributed by atoms with Crippen molar-refractivity contribution in [3.63, 3.8) is 0 Å². The molecule has 0 saturated carbocycles. The minimum absolute atomic E-state index is 0. The van der Waals surface area contributed by atoms with Crippen molar-refractivity contribution >= 4 is 24.2 Å². The van der Waals surface area contributed by atoms with E-state index in [2.05, 4.69) is 10.6 Å². The van der Waals surface area contributed by atoms with Gasteiger partial charge in [-0.25, -0.2) is 0 Å². The Bertz CT molecular complexity index is 468. The van der Waals surface area contributed by atoms with Gasteiger partial charge < -0.3 is 15.1 Å². The quantitative estimate of drug-likeness (QED) is 0.649. The van der Waals surface area contributed by atoms with Crippen LogP contribution in [0.5, 0.6) is 0 Å². The van der Waals surface area contributed by atoms with Crippen LogP contribution in [0.1, 0.15) is 30.3 Å². The highest BCUT2D eigenvalue weighted by Gasteiger charge is 2.30. The predicted molar refractivity (Wildman–Crippen MR) is 70.6 cm³/mol. The highest BCUT2D eigenvalue weighted by Crippen LogP contribution is 2.20. The summed E-state index contributed by atoms with van der Waals surface area (Å²) in [6, 6.07) is 2.50. The van der Waals surface area contributed by atoms with E-state index in [0.717, 1.165) is 25.9 Å². The van der Waals surface area contributed by atoms with Gasteiger partial charge in [-0.2, -0.15) is 0 Å². The summed E-state index contributed by atoms with van der Waals surface area (Å²) < 4.78 is 4.87. The van der Waals surface area contributed by atoms with Crippen molar-refractivity contribution in [3.05, 3.63) is 28.0 Å². The van der Waals surface area contributed by atoms with E-state index < -0.39 is 16.7 Å². The van der Waals surface area contributed by atoms with Crippen molar-refractivity contribution in [1.82, 2.24) is 10.6 Å². The van der Waals surface area contributed by atoms with Crippen LogP contribution in [0.3, 0.4) is 0 Å². The number of furan rings is 1. The molecule has 1 aliphatic rings. The average molecular weight is 290 g/mol. The van der Waals surface area contributed by atoms with Crippen molar-refractivity contribution in [2.24, 2.45) is 0 Å². The number of amides is 1. The number of halogens is 1. The van der Waals surface area contributed by atoms with E-state index in [0.29, 0.717) is 0 Å². The van der Waals surface area contributed by atoms with Gasteiger partial charge in [-0.3, -0.25) is 14.9 Å². The summed E-state index contributed by atoms with van der Waals surface area (Å²) in [6.07, 6.45) is 1.64. The molecule has 1 aromatic heterocycles. The molecule has 0 bridgehead atoms. The zero-order valence-electron chi connectivity index (χ0n) is 10.5. The van der Waals surface area contributed by atoms with E-state index in [1.54, 1.807) is 0 Å². The van der Waals surface area contributed by atoms with Gasteiger partial charge in [0.15, 0.2) is 5.76 Å². The number of hydrogen-bond donors (Lipinski definition) is 2. The second-order valence-electron chi connectivity index (χ2n) is 4.66. The summed E-state index contributed by atoms with van der Waals surface area (Å²) in [4.78, 5) is 21.7. The summed E-state index contributed by atoms with van der Waals surface area (Å²) in [6.45, 7) is 3.65. The maximum absolute atomic E-state index is 11.9. The number of carbonyl (C=O) groups is 1. The molecule has 2 heterocycles. The maximum Gasteiger partial charge on any atom is 0.433 e. The van der Waals surface area contributed by atoms with Crippen molar-refractivity contribution in [3.8, 4) is 0 Å². The molecule has 0 unspecified atom stereocenters. The van der Waals surface area contributed by atoms with Crippen molar-refractivity contribution < 1.29 is 14.1 Å². The van der Waals surface area contributed by atoms with Gasteiger partial charge in [-0.1, -0.05) is 0 Å². The first kappa shape index (κ1) is 15.5. The Morgan fingerprint density at radius 2 is 2.11 bits per heavy atom. The van der Waals surface area contributed by atoms with Crippen molar-refractivity contribution in [1.29, 1.82) is 0 Å². The van der Waals surface area contributed by atoms with Crippen LogP contribution in [-0.4, -0.2) is 29.5 Å². The van der Waals surface area contributed by atoms with Crippen LogP contribution in [0.4, 0.5) is 5.88 Å². The zero-order valence-corrected chi connectivity index (χ0v) is 11.3. The molecule has 1 saturated heterocycles. The first-order valence-electron chi connectivity index (χ1n) is 5.78. The lowest BCUT2D eigenvalue weighted by atomic mass is 9.90. The standard InChI is InChI=1S/C11H15N3O4.ClH/c1-11(4-6-12-7-5-11)13-10(15)8-2-3-9(18-8)14(16)17;/h2-3,12H,4-7H2,1H3,(H,13,15);1H. The minimum atomic E-state index is -0.664. The predicted octanol–water partition coefficient (Wildman–Crippen LogP) is 1.48. The van der Waals surface area contributed by atoms with Gasteiger partial charge in [0.25, 0.3) is 5.91 Å². The maximum atomic E-state index is 11.9. The number of nitro groups is 1. The molecule has 0 radical (unpaired) electrons. The third kappa shape index (κ3) is 3.68. The second kappa shape index (κ2) is 6.03. The molecule has 1 aromatic rings. The zero-order chi connectivity index (χ0) is 13.2. The minimum Gasteiger partial charge on any atom is -0.395 e. The fraction of sp³-hybridized carbons (Fsp3) is 0.545. The topological polar surface area (TPSA) is 97.4 Å². The number of piperidine rings is 1. The summed E-state index contributed by atoms with van der Waals surface area (Å²) in [5, 5.41) is 16.5. The van der Waals surface area contributed by atoms with Gasteiger partial charge in [-0.05, 0) is 38.9 Å². The van der Waals surface area contributed by atoms with Gasteiger partial charge >= 0.3 is 5.88 Å². The summed E-state index contributed by atoms with van der Waals surface area (Å²) in [5.41, 5.74) is -0.288. The average Bonchev–Trinajstić information content (AvgIpc) is 2.78. The van der Waals surface area contributed by atoms with E-state index in [9.17, 15) is 14.9 Å². The number of carbonyl (C=O) groups excluding carboxylic acids is 1. The van der Waals surface area contributed by atoms with Gasteiger partial charge in [0.05, 0.1) is 6.07 Å². The Hall–Kier alpha value is -1.60. The Balaban J connectivity index is 0.00000180. The molecule has 1 amide bonds. The molecule has 0 aliphatic carbocycles. The first-order valence-corrected chi connectivity index (χ1v) is 5.78. The fourth-order valence-corrected chi connectivity index (χ4v) is 1.99. The molecule has 7 nitrogen and oxygen atoms in total. The molecule has 8 heteroatoms. The van der Waals surface area contributed by atoms with Crippen LogP contribution in [0, 0.1) is 10.1 Å². The molecular formula is C11H16ClN3O4. The molecule has 0 spiro atoms. The van der Waals surface area contributed by atoms with E-state index in [1.807, 2.05) is 6.92 Å². The lowest BCUT2D eigenvalue weighted by Crippen LogP contribution is -2.52. The van der Waals surface area contributed by atoms with E-state index in [1.165, 1.54) is 12.1 Å². The highest BCUT2D eigenvalue weighted by atomic mass is 35.5. The van der Waals surface area contributed by atoms with Crippen LogP contribution in [0.2, 0.25) is 0 Å². The smallest absolute Gasteiger partial charge is 0.395 e. The lowest BCUT2D eigenvalue weighted by Gasteiger charge is -2.34. The Morgan fingerprint density at radius 1 is 1.47 bits per heavy atom. The van der Waals surface area contributed by atoms with Crippen LogP contribution in [-0.2, 0) is 0 Å². The van der Waals surface area contributed by atoms with Crippen LogP contribution in [0.25, 0.3) is 0 Å². The van der Waals surface area contributed by atoms with Gasteiger partial charge in [0.1, 0.15) is 4.92 Å². The van der Waals surface area contributed by atoms with Gasteiger partial charge in [0.2, 0.25) is 0 Å². The Kier molecular flexibility index (Phi) is 4.90. The largest absolute Gasteiger partial charge is 0.433 e. The van der Waals surface area contributed by atoms with Crippen LogP contribution >= 0.6 is 12.4 Å². The fourth-order valence-electron chi connectivity index (χ4n) is 1.99. The normalized spacial score (nSPS) is 17.3. The van der Waals surface area contributed by atoms with Gasteiger partial charge in [-0.15, -0.1) is 12.4 Å². The van der Waals surface area contributed by atoms with Gasteiger partial charge in [0, 0.05) is 5.54 Å². The van der Waals surface area contributed by atoms with E-state index in [-0.39, 0.29) is 23.7 Å². The lowest BCUT2D eigenvalue weighted by molar-refractivity contribution is -0.402. The SMILES string of the molecule is CC1(NC(=O)c2ccc([N+](=O)[O-])o2)CCNCC1.Cl. The Labute approximate surface area is 116 Å². The molecule has 19 heavy (non-hydrogen) atoms. The van der Waals surface area contributed by atoms with E-state index >= 15 is 0 Å². The monoisotopic (exact) mass is 289 g/mol. The number of nitrogens with one attached hydrogen (secondary N) is 2. The Morgan fingerprint density at radius 3 is 2.63 bits per heavy atom. The molecule has 2 rings (SSSR count). The second-order valence-corrected chi connectivity index (χ2v) is 4.66. The van der Waals surface area contributed by atoms with E-state index in [4.69, 9.17) is 4.42 Å². The molecule has 0 aromatic carbocycles. The van der Waals surface area contributed by atoms with Crippen molar-refractivity contribution in [2.45, 2.75) is 25.3 Å². The summed E-state index contributed by atoms with van der Waals surface area (Å²) in [7, 11) is 0. The molecule has 1 aliphatic heterocycles. The molecule has 0 atom stereocenters. The number of rotatable bonds is 3. The molecular weight excluding hydrogens is 274 g/mol. The first-order chi connectivity index (χ1) is 8.50.